The Morgan fingerprint density at radius 2 is 1.79 bits per heavy atom. The van der Waals surface area contributed by atoms with Crippen LogP contribution in [0, 0.1) is 13.8 Å². The Bertz CT molecular complexity index is 1350. The number of benzene rings is 3. The van der Waals surface area contributed by atoms with Crippen molar-refractivity contribution in [2.24, 2.45) is 0 Å². The number of hydrogen-bond acceptors (Lipinski definition) is 2. The topological polar surface area (TPSA) is 65.2 Å². The summed E-state index contributed by atoms with van der Waals surface area (Å²) in [5.74, 6) is 0. The van der Waals surface area contributed by atoms with Crippen LogP contribution in [0.25, 0.3) is 10.9 Å². The van der Waals surface area contributed by atoms with Crippen molar-refractivity contribution in [3.05, 3.63) is 110 Å². The number of rotatable bonds is 6. The SMILES string of the molecule is Cc1cc(C)c2[nH]c(=O)c(CN(CCc3ccccc3)C(=O)Nc3cccc(Cl)c3)cc2c1. The number of aromatic amines is 1. The molecule has 1 aromatic heterocycles. The van der Waals surface area contributed by atoms with E-state index in [1.54, 1.807) is 29.2 Å². The van der Waals surface area contributed by atoms with E-state index in [0.717, 1.165) is 27.6 Å². The first kappa shape index (κ1) is 22.6. The highest BCUT2D eigenvalue weighted by Crippen LogP contribution is 2.20. The molecule has 4 rings (SSSR count). The van der Waals surface area contributed by atoms with E-state index in [0.29, 0.717) is 29.2 Å². The van der Waals surface area contributed by atoms with Gasteiger partial charge >= 0.3 is 6.03 Å². The van der Waals surface area contributed by atoms with E-state index in [9.17, 15) is 9.59 Å². The summed E-state index contributed by atoms with van der Waals surface area (Å²) in [4.78, 5) is 30.7. The molecule has 0 aliphatic rings. The minimum absolute atomic E-state index is 0.185. The number of urea groups is 1. The molecule has 168 valence electrons. The van der Waals surface area contributed by atoms with Crippen molar-refractivity contribution in [1.82, 2.24) is 9.88 Å². The molecule has 0 saturated heterocycles. The van der Waals surface area contributed by atoms with Gasteiger partial charge in [-0.1, -0.05) is 59.6 Å². The predicted molar refractivity (Wildman–Crippen MR) is 135 cm³/mol. The van der Waals surface area contributed by atoms with Gasteiger partial charge < -0.3 is 15.2 Å². The maximum absolute atomic E-state index is 13.2. The number of carbonyl (C=O) groups is 1. The number of carbonyl (C=O) groups excluding carboxylic acids is 1. The molecule has 0 radical (unpaired) electrons. The molecule has 0 spiro atoms. The van der Waals surface area contributed by atoms with Crippen molar-refractivity contribution in [2.75, 3.05) is 11.9 Å². The molecule has 0 fully saturated rings. The molecule has 0 atom stereocenters. The third kappa shape index (κ3) is 5.62. The predicted octanol–water partition coefficient (Wildman–Crippen LogP) is 6.08. The first-order valence-corrected chi connectivity index (χ1v) is 11.3. The van der Waals surface area contributed by atoms with Gasteiger partial charge in [0.05, 0.1) is 12.1 Å². The standard InChI is InChI=1S/C27H26ClN3O2/c1-18-13-19(2)25-21(14-18)15-22(26(32)30-25)17-31(12-11-20-7-4-3-5-8-20)27(33)29-24-10-6-9-23(28)16-24/h3-10,13-16H,11-12,17H2,1-2H3,(H,29,33)(H,30,32). The third-order valence-electron chi connectivity index (χ3n) is 5.61. The summed E-state index contributed by atoms with van der Waals surface area (Å²) < 4.78 is 0. The van der Waals surface area contributed by atoms with Crippen LogP contribution in [0.1, 0.15) is 22.3 Å². The van der Waals surface area contributed by atoms with Crippen LogP contribution in [-0.4, -0.2) is 22.5 Å². The number of hydrogen-bond donors (Lipinski definition) is 2. The maximum Gasteiger partial charge on any atom is 0.322 e. The molecule has 0 saturated carbocycles. The van der Waals surface area contributed by atoms with Gasteiger partial charge in [-0.25, -0.2) is 4.79 Å². The highest BCUT2D eigenvalue weighted by Gasteiger charge is 2.17. The van der Waals surface area contributed by atoms with E-state index in [1.807, 2.05) is 62.4 Å². The quantitative estimate of drug-likeness (QED) is 0.367. The van der Waals surface area contributed by atoms with Crippen LogP contribution < -0.4 is 10.9 Å². The van der Waals surface area contributed by atoms with E-state index in [2.05, 4.69) is 10.3 Å². The average molecular weight is 460 g/mol. The van der Waals surface area contributed by atoms with Crippen LogP contribution >= 0.6 is 11.6 Å². The van der Waals surface area contributed by atoms with Crippen molar-refractivity contribution >= 4 is 34.2 Å². The summed E-state index contributed by atoms with van der Waals surface area (Å²) >= 11 is 6.07. The lowest BCUT2D eigenvalue weighted by Crippen LogP contribution is -2.37. The molecule has 2 N–H and O–H groups in total. The molecule has 5 nitrogen and oxygen atoms in total. The summed E-state index contributed by atoms with van der Waals surface area (Å²) in [6, 6.07) is 22.7. The van der Waals surface area contributed by atoms with E-state index in [4.69, 9.17) is 11.6 Å². The Morgan fingerprint density at radius 1 is 1.00 bits per heavy atom. The normalized spacial score (nSPS) is 10.9. The fraction of sp³-hybridized carbons (Fsp3) is 0.185. The number of nitrogens with one attached hydrogen (secondary N) is 2. The molecule has 33 heavy (non-hydrogen) atoms. The van der Waals surface area contributed by atoms with Crippen LogP contribution in [0.2, 0.25) is 5.02 Å². The smallest absolute Gasteiger partial charge is 0.321 e. The number of H-pyrrole nitrogens is 1. The third-order valence-corrected chi connectivity index (χ3v) is 5.84. The number of fused-ring (bicyclic) bond motifs is 1. The zero-order chi connectivity index (χ0) is 23.4. The molecule has 0 aliphatic carbocycles. The molecule has 6 heteroatoms. The van der Waals surface area contributed by atoms with Gasteiger partial charge in [0.25, 0.3) is 5.56 Å². The molecular formula is C27H26ClN3O2. The summed E-state index contributed by atoms with van der Waals surface area (Å²) in [5.41, 5.74) is 5.06. The van der Waals surface area contributed by atoms with Gasteiger partial charge in [0.15, 0.2) is 0 Å². The van der Waals surface area contributed by atoms with Gasteiger partial charge in [-0.2, -0.15) is 0 Å². The summed E-state index contributed by atoms with van der Waals surface area (Å²) in [6.45, 7) is 4.66. The van der Waals surface area contributed by atoms with Gasteiger partial charge in [-0.15, -0.1) is 0 Å². The van der Waals surface area contributed by atoms with E-state index in [1.165, 1.54) is 0 Å². The van der Waals surface area contributed by atoms with E-state index >= 15 is 0 Å². The van der Waals surface area contributed by atoms with Crippen molar-refractivity contribution in [2.45, 2.75) is 26.8 Å². The number of halogens is 1. The van der Waals surface area contributed by atoms with Crippen molar-refractivity contribution in [3.63, 3.8) is 0 Å². The molecule has 0 aliphatic heterocycles. The Morgan fingerprint density at radius 3 is 2.55 bits per heavy atom. The molecule has 0 bridgehead atoms. The average Bonchev–Trinajstić information content (AvgIpc) is 2.78. The van der Waals surface area contributed by atoms with Crippen molar-refractivity contribution in [3.8, 4) is 0 Å². The Balaban J connectivity index is 1.62. The van der Waals surface area contributed by atoms with Gasteiger partial charge in [-0.05, 0) is 67.1 Å². The number of aryl methyl sites for hydroxylation is 2. The van der Waals surface area contributed by atoms with Gasteiger partial charge in [0, 0.05) is 22.8 Å². The monoisotopic (exact) mass is 459 g/mol. The fourth-order valence-electron chi connectivity index (χ4n) is 3.99. The van der Waals surface area contributed by atoms with E-state index in [-0.39, 0.29) is 18.1 Å². The van der Waals surface area contributed by atoms with E-state index < -0.39 is 0 Å². The minimum atomic E-state index is -0.284. The zero-order valence-electron chi connectivity index (χ0n) is 18.7. The number of aromatic nitrogens is 1. The number of pyridine rings is 1. The first-order chi connectivity index (χ1) is 15.9. The molecular weight excluding hydrogens is 434 g/mol. The Hall–Kier alpha value is -3.57. The second kappa shape index (κ2) is 9.92. The molecule has 4 aromatic rings. The maximum atomic E-state index is 13.2. The summed E-state index contributed by atoms with van der Waals surface area (Å²) in [6.07, 6.45) is 0.674. The van der Waals surface area contributed by atoms with Crippen molar-refractivity contribution < 1.29 is 4.79 Å². The van der Waals surface area contributed by atoms with Gasteiger partial charge in [0.2, 0.25) is 0 Å². The highest BCUT2D eigenvalue weighted by atomic mass is 35.5. The van der Waals surface area contributed by atoms with Crippen LogP contribution in [-0.2, 0) is 13.0 Å². The molecule has 3 aromatic carbocycles. The van der Waals surface area contributed by atoms with Crippen molar-refractivity contribution in [1.29, 1.82) is 0 Å². The Kier molecular flexibility index (Phi) is 6.80. The lowest BCUT2D eigenvalue weighted by Gasteiger charge is -2.23. The van der Waals surface area contributed by atoms with Gasteiger partial charge in [-0.3, -0.25) is 4.79 Å². The van der Waals surface area contributed by atoms with Crippen LogP contribution in [0.15, 0.2) is 77.6 Å². The molecule has 0 unspecified atom stereocenters. The lowest BCUT2D eigenvalue weighted by atomic mass is 10.0. The summed E-state index contributed by atoms with van der Waals surface area (Å²) in [7, 11) is 0. The Labute approximate surface area is 198 Å². The van der Waals surface area contributed by atoms with Gasteiger partial charge in [0.1, 0.15) is 0 Å². The summed E-state index contributed by atoms with van der Waals surface area (Å²) in [5, 5.41) is 4.41. The fourth-order valence-corrected chi connectivity index (χ4v) is 4.18. The number of amides is 2. The van der Waals surface area contributed by atoms with Crippen LogP contribution in [0.5, 0.6) is 0 Å². The number of nitrogens with zero attached hydrogens (tertiary/aromatic N) is 1. The first-order valence-electron chi connectivity index (χ1n) is 10.9. The largest absolute Gasteiger partial charge is 0.322 e. The zero-order valence-corrected chi connectivity index (χ0v) is 19.4. The van der Waals surface area contributed by atoms with Crippen LogP contribution in [0.4, 0.5) is 10.5 Å². The molecule has 2 amide bonds. The minimum Gasteiger partial charge on any atom is -0.321 e. The second-order valence-electron chi connectivity index (χ2n) is 8.27. The van der Waals surface area contributed by atoms with Crippen LogP contribution in [0.3, 0.4) is 0 Å². The second-order valence-corrected chi connectivity index (χ2v) is 8.70. The highest BCUT2D eigenvalue weighted by molar-refractivity contribution is 6.30. The molecule has 1 heterocycles. The number of anilines is 1. The lowest BCUT2D eigenvalue weighted by molar-refractivity contribution is 0.209.